The van der Waals surface area contributed by atoms with E-state index in [1.807, 2.05) is 4.90 Å². The number of nitrogens with zero attached hydrogens (tertiary/aromatic N) is 1. The zero-order valence-electron chi connectivity index (χ0n) is 12.0. The van der Waals surface area contributed by atoms with E-state index in [-0.39, 0.29) is 16.8 Å². The van der Waals surface area contributed by atoms with Crippen LogP contribution in [0.5, 0.6) is 0 Å². The largest absolute Gasteiger partial charge is 0.336 e. The predicted octanol–water partition coefficient (Wildman–Crippen LogP) is 2.49. The van der Waals surface area contributed by atoms with E-state index in [9.17, 15) is 13.2 Å². The van der Waals surface area contributed by atoms with Crippen molar-refractivity contribution in [1.29, 1.82) is 0 Å². The van der Waals surface area contributed by atoms with Crippen molar-refractivity contribution in [2.75, 3.05) is 12.8 Å². The van der Waals surface area contributed by atoms with E-state index in [0.29, 0.717) is 5.56 Å². The Labute approximate surface area is 120 Å². The smallest absolute Gasteiger partial charge is 0.254 e. The summed E-state index contributed by atoms with van der Waals surface area (Å²) < 4.78 is 23.2. The van der Waals surface area contributed by atoms with Crippen LogP contribution in [0.25, 0.3) is 0 Å². The number of benzene rings is 1. The Hall–Kier alpha value is -1.36. The maximum atomic E-state index is 12.6. The van der Waals surface area contributed by atoms with Gasteiger partial charge in [-0.3, -0.25) is 4.79 Å². The minimum atomic E-state index is -3.28. The van der Waals surface area contributed by atoms with Crippen molar-refractivity contribution in [3.8, 4) is 0 Å². The van der Waals surface area contributed by atoms with Crippen molar-refractivity contribution >= 4 is 15.7 Å². The second-order valence-corrected chi connectivity index (χ2v) is 7.37. The molecule has 1 aromatic rings. The van der Waals surface area contributed by atoms with Gasteiger partial charge in [-0.05, 0) is 43.9 Å². The third-order valence-electron chi connectivity index (χ3n) is 3.87. The lowest BCUT2D eigenvalue weighted by atomic mass is 9.99. The molecule has 5 heteroatoms. The summed E-state index contributed by atoms with van der Waals surface area (Å²) >= 11 is 0. The molecule has 0 saturated carbocycles. The molecule has 1 aliphatic rings. The fourth-order valence-electron chi connectivity index (χ4n) is 2.72. The van der Waals surface area contributed by atoms with E-state index < -0.39 is 9.84 Å². The standard InChI is InChI=1S/C15H21NO3S/c1-3-13-8-4-5-10-16(13)15(17)12-7-6-9-14(11-12)20(2,18)19/h6-7,9,11,13H,3-5,8,10H2,1-2H3. The topological polar surface area (TPSA) is 54.5 Å². The molecule has 1 atom stereocenters. The molecule has 1 heterocycles. The molecule has 0 aromatic heterocycles. The first-order chi connectivity index (χ1) is 9.43. The van der Waals surface area contributed by atoms with Gasteiger partial charge in [-0.15, -0.1) is 0 Å². The van der Waals surface area contributed by atoms with Crippen LogP contribution in [-0.2, 0) is 9.84 Å². The van der Waals surface area contributed by atoms with Crippen molar-refractivity contribution in [2.45, 2.75) is 43.5 Å². The van der Waals surface area contributed by atoms with Crippen molar-refractivity contribution in [2.24, 2.45) is 0 Å². The summed E-state index contributed by atoms with van der Waals surface area (Å²) in [7, 11) is -3.28. The Morgan fingerprint density at radius 1 is 1.35 bits per heavy atom. The van der Waals surface area contributed by atoms with Crippen LogP contribution < -0.4 is 0 Å². The number of piperidine rings is 1. The first-order valence-electron chi connectivity index (χ1n) is 7.04. The molecule has 0 radical (unpaired) electrons. The van der Waals surface area contributed by atoms with Gasteiger partial charge in [-0.2, -0.15) is 0 Å². The Bertz CT molecular complexity index is 595. The summed E-state index contributed by atoms with van der Waals surface area (Å²) in [5.74, 6) is -0.0537. The lowest BCUT2D eigenvalue weighted by Gasteiger charge is -2.35. The third kappa shape index (κ3) is 3.20. The molecular formula is C15H21NO3S. The summed E-state index contributed by atoms with van der Waals surface area (Å²) in [6, 6.07) is 6.61. The second-order valence-electron chi connectivity index (χ2n) is 5.36. The fraction of sp³-hybridized carbons (Fsp3) is 0.533. The van der Waals surface area contributed by atoms with Gasteiger partial charge in [0.15, 0.2) is 9.84 Å². The van der Waals surface area contributed by atoms with E-state index in [2.05, 4.69) is 6.92 Å². The lowest BCUT2D eigenvalue weighted by molar-refractivity contribution is 0.0608. The molecule has 1 unspecified atom stereocenters. The van der Waals surface area contributed by atoms with Crippen molar-refractivity contribution < 1.29 is 13.2 Å². The molecule has 1 amide bonds. The Balaban J connectivity index is 2.29. The number of rotatable bonds is 3. The monoisotopic (exact) mass is 295 g/mol. The number of likely N-dealkylation sites (tertiary alicyclic amines) is 1. The minimum Gasteiger partial charge on any atom is -0.336 e. The van der Waals surface area contributed by atoms with Crippen LogP contribution in [0.3, 0.4) is 0 Å². The van der Waals surface area contributed by atoms with Crippen LogP contribution in [0.1, 0.15) is 43.0 Å². The van der Waals surface area contributed by atoms with Crippen LogP contribution in [0, 0.1) is 0 Å². The van der Waals surface area contributed by atoms with Gasteiger partial charge in [0.05, 0.1) is 4.90 Å². The van der Waals surface area contributed by atoms with E-state index in [1.165, 1.54) is 12.1 Å². The summed E-state index contributed by atoms with van der Waals surface area (Å²) in [6.45, 7) is 2.85. The van der Waals surface area contributed by atoms with Gasteiger partial charge in [0.2, 0.25) is 0 Å². The molecule has 110 valence electrons. The molecule has 0 aliphatic carbocycles. The first kappa shape index (κ1) is 15.0. The average Bonchev–Trinajstić information content (AvgIpc) is 2.45. The van der Waals surface area contributed by atoms with Crippen molar-refractivity contribution in [1.82, 2.24) is 4.90 Å². The Kier molecular flexibility index (Phi) is 4.48. The highest BCUT2D eigenvalue weighted by Crippen LogP contribution is 2.22. The van der Waals surface area contributed by atoms with Crippen LogP contribution >= 0.6 is 0 Å². The zero-order valence-corrected chi connectivity index (χ0v) is 12.8. The normalized spacial score (nSPS) is 19.9. The molecule has 2 rings (SSSR count). The fourth-order valence-corrected chi connectivity index (χ4v) is 3.38. The Morgan fingerprint density at radius 2 is 2.10 bits per heavy atom. The van der Waals surface area contributed by atoms with Crippen LogP contribution in [0.15, 0.2) is 29.2 Å². The van der Waals surface area contributed by atoms with E-state index >= 15 is 0 Å². The van der Waals surface area contributed by atoms with Crippen molar-refractivity contribution in [3.63, 3.8) is 0 Å². The maximum absolute atomic E-state index is 12.6. The molecule has 1 aliphatic heterocycles. The van der Waals surface area contributed by atoms with Crippen LogP contribution in [-0.4, -0.2) is 38.1 Å². The van der Waals surface area contributed by atoms with E-state index in [0.717, 1.165) is 38.5 Å². The second kappa shape index (κ2) is 5.95. The number of hydrogen-bond donors (Lipinski definition) is 0. The number of sulfone groups is 1. The number of carbonyl (C=O) groups is 1. The molecule has 1 fully saturated rings. The van der Waals surface area contributed by atoms with E-state index in [4.69, 9.17) is 0 Å². The summed E-state index contributed by atoms with van der Waals surface area (Å²) in [4.78, 5) is 14.7. The highest BCUT2D eigenvalue weighted by Gasteiger charge is 2.26. The van der Waals surface area contributed by atoms with Crippen LogP contribution in [0.4, 0.5) is 0 Å². The zero-order chi connectivity index (χ0) is 14.8. The third-order valence-corrected chi connectivity index (χ3v) is 4.98. The SMILES string of the molecule is CCC1CCCCN1C(=O)c1cccc(S(C)(=O)=O)c1. The molecular weight excluding hydrogens is 274 g/mol. The van der Waals surface area contributed by atoms with Gasteiger partial charge >= 0.3 is 0 Å². The average molecular weight is 295 g/mol. The van der Waals surface area contributed by atoms with Gasteiger partial charge in [-0.1, -0.05) is 13.0 Å². The minimum absolute atomic E-state index is 0.0537. The Morgan fingerprint density at radius 3 is 2.75 bits per heavy atom. The summed E-state index contributed by atoms with van der Waals surface area (Å²) in [6.07, 6.45) is 5.32. The van der Waals surface area contributed by atoms with Gasteiger partial charge in [-0.25, -0.2) is 8.42 Å². The van der Waals surface area contributed by atoms with Crippen LogP contribution in [0.2, 0.25) is 0 Å². The molecule has 1 saturated heterocycles. The number of amides is 1. The predicted molar refractivity (Wildman–Crippen MR) is 78.5 cm³/mol. The molecule has 20 heavy (non-hydrogen) atoms. The first-order valence-corrected chi connectivity index (χ1v) is 8.93. The molecule has 4 nitrogen and oxygen atoms in total. The van der Waals surface area contributed by atoms with Gasteiger partial charge in [0.25, 0.3) is 5.91 Å². The van der Waals surface area contributed by atoms with Crippen molar-refractivity contribution in [3.05, 3.63) is 29.8 Å². The van der Waals surface area contributed by atoms with E-state index in [1.54, 1.807) is 12.1 Å². The quantitative estimate of drug-likeness (QED) is 0.861. The van der Waals surface area contributed by atoms with Gasteiger partial charge in [0, 0.05) is 24.4 Å². The molecule has 0 bridgehead atoms. The lowest BCUT2D eigenvalue weighted by Crippen LogP contribution is -2.43. The molecule has 1 aromatic carbocycles. The summed E-state index contributed by atoms with van der Waals surface area (Å²) in [5, 5.41) is 0. The molecule has 0 N–H and O–H groups in total. The highest BCUT2D eigenvalue weighted by atomic mass is 32.2. The maximum Gasteiger partial charge on any atom is 0.254 e. The van der Waals surface area contributed by atoms with Gasteiger partial charge in [0.1, 0.15) is 0 Å². The highest BCUT2D eigenvalue weighted by molar-refractivity contribution is 7.90. The molecule has 0 spiro atoms. The number of carbonyl (C=O) groups excluding carboxylic acids is 1. The summed E-state index contributed by atoms with van der Waals surface area (Å²) in [5.41, 5.74) is 0.466. The number of hydrogen-bond acceptors (Lipinski definition) is 3. The van der Waals surface area contributed by atoms with Gasteiger partial charge < -0.3 is 4.90 Å².